The first-order valence-electron chi connectivity index (χ1n) is 13.6. The molecule has 0 aromatic heterocycles. The fourth-order valence-corrected chi connectivity index (χ4v) is 7.76. The van der Waals surface area contributed by atoms with Gasteiger partial charge in [0.05, 0.1) is 0 Å². The average molecular weight is 471 g/mol. The summed E-state index contributed by atoms with van der Waals surface area (Å²) in [6.07, 6.45) is 2.44. The molecular weight excluding hydrogens is 436 g/mol. The van der Waals surface area contributed by atoms with Crippen molar-refractivity contribution in [3.05, 3.63) is 144 Å². The molecule has 2 aliphatic heterocycles. The van der Waals surface area contributed by atoms with E-state index in [-0.39, 0.29) is 0 Å². The van der Waals surface area contributed by atoms with Gasteiger partial charge >= 0.3 is 0 Å². The van der Waals surface area contributed by atoms with E-state index in [0.717, 1.165) is 0 Å². The molecule has 0 amide bonds. The highest BCUT2D eigenvalue weighted by atomic mass is 15.1. The molecule has 0 bridgehead atoms. The number of hydrogen-bond donors (Lipinski definition) is 2. The van der Waals surface area contributed by atoms with Gasteiger partial charge in [0.25, 0.3) is 0 Å². The summed E-state index contributed by atoms with van der Waals surface area (Å²) in [5, 5.41) is 8.28. The predicted octanol–water partition coefficient (Wildman–Crippen LogP) is 7.01. The van der Waals surface area contributed by atoms with Gasteiger partial charge in [-0.05, 0) is 46.9 Å². The van der Waals surface area contributed by atoms with Gasteiger partial charge in [-0.3, -0.25) is 0 Å². The third-order valence-electron chi connectivity index (χ3n) is 9.20. The maximum atomic E-state index is 4.14. The molecule has 7 rings (SSSR count). The molecule has 2 heterocycles. The van der Waals surface area contributed by atoms with Crippen LogP contribution in [-0.2, 0) is 0 Å². The molecule has 1 aliphatic carbocycles. The van der Waals surface area contributed by atoms with E-state index in [0.29, 0.717) is 47.8 Å². The Morgan fingerprint density at radius 1 is 0.389 bits per heavy atom. The topological polar surface area (TPSA) is 24.1 Å². The van der Waals surface area contributed by atoms with Crippen LogP contribution in [0.25, 0.3) is 0 Å². The highest BCUT2D eigenvalue weighted by molar-refractivity contribution is 5.36. The third-order valence-corrected chi connectivity index (χ3v) is 9.20. The van der Waals surface area contributed by atoms with E-state index >= 15 is 0 Å². The number of benzene rings is 4. The normalized spacial score (nSPS) is 33.1. The van der Waals surface area contributed by atoms with Gasteiger partial charge in [-0.15, -0.1) is 0 Å². The molecule has 8 atom stereocenters. The Balaban J connectivity index is 1.27. The zero-order valence-corrected chi connectivity index (χ0v) is 20.6. The van der Waals surface area contributed by atoms with Crippen molar-refractivity contribution in [2.75, 3.05) is 0 Å². The van der Waals surface area contributed by atoms with Crippen molar-refractivity contribution >= 4 is 0 Å². The van der Waals surface area contributed by atoms with E-state index in [4.69, 9.17) is 0 Å². The molecule has 3 aliphatic rings. The van der Waals surface area contributed by atoms with Crippen LogP contribution < -0.4 is 10.6 Å². The Kier molecular flexibility index (Phi) is 5.72. The van der Waals surface area contributed by atoms with E-state index in [1.54, 1.807) is 0 Å². The van der Waals surface area contributed by atoms with Crippen molar-refractivity contribution in [2.24, 2.45) is 11.8 Å². The Morgan fingerprint density at radius 2 is 0.722 bits per heavy atom. The second-order valence-corrected chi connectivity index (χ2v) is 11.0. The van der Waals surface area contributed by atoms with Crippen molar-refractivity contribution in [2.45, 2.75) is 48.8 Å². The molecular formula is C34H34N2. The first-order valence-corrected chi connectivity index (χ1v) is 13.6. The molecule has 2 saturated heterocycles. The number of hydrogen-bond acceptors (Lipinski definition) is 2. The number of fused-ring (bicyclic) bond motifs is 2. The van der Waals surface area contributed by atoms with Gasteiger partial charge in [-0.1, -0.05) is 121 Å². The second kappa shape index (κ2) is 9.35. The summed E-state index contributed by atoms with van der Waals surface area (Å²) < 4.78 is 0. The molecule has 4 aromatic rings. The molecule has 8 unspecified atom stereocenters. The quantitative estimate of drug-likeness (QED) is 0.335. The lowest BCUT2D eigenvalue weighted by Crippen LogP contribution is -2.44. The second-order valence-electron chi connectivity index (χ2n) is 11.0. The minimum atomic E-state index is 0.363. The van der Waals surface area contributed by atoms with Gasteiger partial charge in [0.15, 0.2) is 0 Å². The Bertz CT molecular complexity index is 1170. The molecule has 2 heteroatoms. The largest absolute Gasteiger partial charge is 0.306 e. The highest BCUT2D eigenvalue weighted by Crippen LogP contribution is 2.57. The highest BCUT2D eigenvalue weighted by Gasteiger charge is 2.54. The lowest BCUT2D eigenvalue weighted by atomic mass is 9.65. The summed E-state index contributed by atoms with van der Waals surface area (Å²) in [6, 6.07) is 46.6. The average Bonchev–Trinajstić information content (AvgIpc) is 3.52. The number of rotatable bonds is 4. The molecule has 4 aromatic carbocycles. The fraction of sp³-hybridized carbons (Fsp3) is 0.294. The maximum absolute atomic E-state index is 4.14. The standard InChI is InChI=1S/C34H34N2/c1-5-13-23(14-6-1)31-27-21-28-30(22-29(27)35-33(31)25-17-9-3-10-18-25)36-34(26-19-11-4-12-20-26)32(28)24-15-7-2-8-16-24/h1-20,27-36H,21-22H2. The van der Waals surface area contributed by atoms with Crippen molar-refractivity contribution in [3.63, 3.8) is 0 Å². The van der Waals surface area contributed by atoms with E-state index in [2.05, 4.69) is 132 Å². The minimum Gasteiger partial charge on any atom is -0.306 e. The first kappa shape index (κ1) is 22.0. The van der Waals surface area contributed by atoms with Crippen LogP contribution in [0.2, 0.25) is 0 Å². The summed E-state index contributed by atoms with van der Waals surface area (Å²) in [6.45, 7) is 0. The summed E-state index contributed by atoms with van der Waals surface area (Å²) in [4.78, 5) is 0. The van der Waals surface area contributed by atoms with Crippen molar-refractivity contribution in [1.82, 2.24) is 10.6 Å². The molecule has 2 N–H and O–H groups in total. The SMILES string of the molecule is c1ccc(C2NC3CC4NC(c5ccccc5)C(c5ccccc5)C4CC3C2c2ccccc2)cc1. The molecule has 3 fully saturated rings. The van der Waals surface area contributed by atoms with Crippen LogP contribution in [0.5, 0.6) is 0 Å². The van der Waals surface area contributed by atoms with Gasteiger partial charge in [0.1, 0.15) is 0 Å². The van der Waals surface area contributed by atoms with E-state index in [9.17, 15) is 0 Å². The van der Waals surface area contributed by atoms with E-state index in [1.807, 2.05) is 0 Å². The van der Waals surface area contributed by atoms with Crippen LogP contribution >= 0.6 is 0 Å². The molecule has 36 heavy (non-hydrogen) atoms. The lowest BCUT2D eigenvalue weighted by molar-refractivity contribution is 0.203. The van der Waals surface area contributed by atoms with Crippen molar-refractivity contribution in [3.8, 4) is 0 Å². The van der Waals surface area contributed by atoms with Gasteiger partial charge < -0.3 is 10.6 Å². The van der Waals surface area contributed by atoms with Crippen LogP contribution in [-0.4, -0.2) is 12.1 Å². The summed E-state index contributed by atoms with van der Waals surface area (Å²) >= 11 is 0. The van der Waals surface area contributed by atoms with Crippen molar-refractivity contribution < 1.29 is 0 Å². The fourth-order valence-electron chi connectivity index (χ4n) is 7.76. The molecule has 2 nitrogen and oxygen atoms in total. The van der Waals surface area contributed by atoms with E-state index < -0.39 is 0 Å². The summed E-state index contributed by atoms with van der Waals surface area (Å²) in [7, 11) is 0. The monoisotopic (exact) mass is 470 g/mol. The Morgan fingerprint density at radius 3 is 1.08 bits per heavy atom. The molecule has 0 spiro atoms. The summed E-state index contributed by atoms with van der Waals surface area (Å²) in [5.74, 6) is 2.24. The van der Waals surface area contributed by atoms with Crippen molar-refractivity contribution in [1.29, 1.82) is 0 Å². The predicted molar refractivity (Wildman–Crippen MR) is 147 cm³/mol. The van der Waals surface area contributed by atoms with Gasteiger partial charge in [-0.25, -0.2) is 0 Å². The van der Waals surface area contributed by atoms with Crippen LogP contribution in [0.1, 0.15) is 59.0 Å². The zero-order valence-electron chi connectivity index (χ0n) is 20.6. The molecule has 0 radical (unpaired) electrons. The Hall–Kier alpha value is -3.20. The van der Waals surface area contributed by atoms with Crippen LogP contribution in [0.4, 0.5) is 0 Å². The maximum Gasteiger partial charge on any atom is 0.0395 e. The lowest BCUT2D eigenvalue weighted by Gasteiger charge is -2.38. The van der Waals surface area contributed by atoms with Gasteiger partial charge in [0, 0.05) is 36.0 Å². The first-order chi connectivity index (χ1) is 17.9. The smallest absolute Gasteiger partial charge is 0.0395 e. The third kappa shape index (κ3) is 3.80. The summed E-state index contributed by atoms with van der Waals surface area (Å²) in [5.41, 5.74) is 5.79. The van der Waals surface area contributed by atoms with Crippen LogP contribution in [0, 0.1) is 11.8 Å². The Labute approximate surface area is 214 Å². The zero-order chi connectivity index (χ0) is 23.9. The van der Waals surface area contributed by atoms with Gasteiger partial charge in [-0.2, -0.15) is 0 Å². The number of nitrogens with one attached hydrogen (secondary N) is 2. The molecule has 1 saturated carbocycles. The molecule has 180 valence electrons. The van der Waals surface area contributed by atoms with E-state index in [1.165, 1.54) is 35.1 Å². The van der Waals surface area contributed by atoms with Crippen LogP contribution in [0.3, 0.4) is 0 Å². The van der Waals surface area contributed by atoms with Gasteiger partial charge in [0.2, 0.25) is 0 Å². The minimum absolute atomic E-state index is 0.363. The van der Waals surface area contributed by atoms with Crippen LogP contribution in [0.15, 0.2) is 121 Å².